The van der Waals surface area contributed by atoms with Gasteiger partial charge in [0.05, 0.1) is 5.54 Å². The smallest absolute Gasteiger partial charge is 0.101 e. The van der Waals surface area contributed by atoms with Crippen molar-refractivity contribution >= 4 is 0 Å². The fourth-order valence-electron chi connectivity index (χ4n) is 0.939. The van der Waals surface area contributed by atoms with Crippen LogP contribution in [0.15, 0.2) is 10.4 Å². The SMILES string of the molecule is CC(CN=O)(CN=O)NCCCN. The summed E-state index contributed by atoms with van der Waals surface area (Å²) in [6.45, 7) is 3.07. The maximum Gasteiger partial charge on any atom is 0.101 e. The summed E-state index contributed by atoms with van der Waals surface area (Å²) in [5.74, 6) is 0. The molecular formula is C7H16N4O2. The number of nitrogens with two attached hydrogens (primary N) is 1. The number of hydrogen-bond acceptors (Lipinski definition) is 6. The van der Waals surface area contributed by atoms with Gasteiger partial charge in [-0.1, -0.05) is 10.4 Å². The van der Waals surface area contributed by atoms with Crippen molar-refractivity contribution in [3.8, 4) is 0 Å². The van der Waals surface area contributed by atoms with E-state index in [1.54, 1.807) is 6.92 Å². The van der Waals surface area contributed by atoms with Crippen molar-refractivity contribution < 1.29 is 0 Å². The molecule has 0 atom stereocenters. The van der Waals surface area contributed by atoms with E-state index in [4.69, 9.17) is 5.73 Å². The Morgan fingerprint density at radius 1 is 1.31 bits per heavy atom. The molecule has 3 N–H and O–H groups in total. The van der Waals surface area contributed by atoms with Gasteiger partial charge in [0.2, 0.25) is 0 Å². The van der Waals surface area contributed by atoms with Gasteiger partial charge in [-0.15, -0.1) is 0 Å². The van der Waals surface area contributed by atoms with Crippen molar-refractivity contribution in [3.63, 3.8) is 0 Å². The van der Waals surface area contributed by atoms with Gasteiger partial charge in [0.25, 0.3) is 0 Å². The molecule has 0 heterocycles. The summed E-state index contributed by atoms with van der Waals surface area (Å²) in [4.78, 5) is 20.1. The van der Waals surface area contributed by atoms with Gasteiger partial charge < -0.3 is 11.1 Å². The van der Waals surface area contributed by atoms with E-state index in [0.717, 1.165) is 6.42 Å². The van der Waals surface area contributed by atoms with Gasteiger partial charge in [-0.25, -0.2) is 0 Å². The quantitative estimate of drug-likeness (QED) is 0.420. The van der Waals surface area contributed by atoms with E-state index in [2.05, 4.69) is 15.7 Å². The molecule has 13 heavy (non-hydrogen) atoms. The van der Waals surface area contributed by atoms with Gasteiger partial charge in [-0.3, -0.25) is 0 Å². The molecule has 0 bridgehead atoms. The maximum atomic E-state index is 10.1. The maximum absolute atomic E-state index is 10.1. The molecule has 0 unspecified atom stereocenters. The predicted octanol–water partition coefficient (Wildman–Crippen LogP) is 0.216. The Morgan fingerprint density at radius 2 is 1.85 bits per heavy atom. The highest BCUT2D eigenvalue weighted by molar-refractivity contribution is 4.87. The lowest BCUT2D eigenvalue weighted by molar-refractivity contribution is 0.372. The molecule has 0 saturated carbocycles. The molecule has 76 valence electrons. The second-order valence-electron chi connectivity index (χ2n) is 3.20. The van der Waals surface area contributed by atoms with E-state index in [1.165, 1.54) is 0 Å². The zero-order valence-electron chi connectivity index (χ0n) is 7.82. The molecule has 0 aromatic rings. The van der Waals surface area contributed by atoms with E-state index in [0.29, 0.717) is 13.1 Å². The van der Waals surface area contributed by atoms with Crippen molar-refractivity contribution in [2.45, 2.75) is 18.9 Å². The van der Waals surface area contributed by atoms with E-state index >= 15 is 0 Å². The first-order valence-electron chi connectivity index (χ1n) is 4.22. The van der Waals surface area contributed by atoms with Crippen molar-refractivity contribution in [2.75, 3.05) is 26.2 Å². The van der Waals surface area contributed by atoms with Gasteiger partial charge >= 0.3 is 0 Å². The van der Waals surface area contributed by atoms with Crippen molar-refractivity contribution in [1.82, 2.24) is 5.32 Å². The first-order valence-corrected chi connectivity index (χ1v) is 4.22. The third kappa shape index (κ3) is 5.37. The summed E-state index contributed by atoms with van der Waals surface area (Å²) < 4.78 is 0. The minimum Gasteiger partial charge on any atom is -0.330 e. The molecule has 0 amide bonds. The van der Waals surface area contributed by atoms with Crippen molar-refractivity contribution in [3.05, 3.63) is 9.81 Å². The molecule has 0 aromatic heterocycles. The number of nitrogens with zero attached hydrogens (tertiary/aromatic N) is 2. The van der Waals surface area contributed by atoms with E-state index in [-0.39, 0.29) is 13.1 Å². The summed E-state index contributed by atoms with van der Waals surface area (Å²) in [6.07, 6.45) is 0.799. The molecule has 0 fully saturated rings. The number of nitrogens with one attached hydrogen (secondary N) is 1. The standard InChI is InChI=1S/C7H16N4O2/c1-7(5-10-12,6-11-13)9-4-2-3-8/h9H,2-6,8H2,1H3. The third-order valence-electron chi connectivity index (χ3n) is 1.76. The molecular weight excluding hydrogens is 172 g/mol. The molecule has 0 spiro atoms. The van der Waals surface area contributed by atoms with Crippen molar-refractivity contribution in [2.24, 2.45) is 16.1 Å². The molecule has 0 aliphatic carbocycles. The van der Waals surface area contributed by atoms with Crippen LogP contribution >= 0.6 is 0 Å². The Bertz CT molecular complexity index is 153. The zero-order valence-corrected chi connectivity index (χ0v) is 7.82. The normalized spacial score (nSPS) is 11.2. The number of nitroso groups, excluding NO2 is 2. The third-order valence-corrected chi connectivity index (χ3v) is 1.76. The number of rotatable bonds is 8. The predicted molar refractivity (Wildman–Crippen MR) is 51.4 cm³/mol. The van der Waals surface area contributed by atoms with Gasteiger partial charge in [-0.05, 0) is 26.4 Å². The minimum absolute atomic E-state index is 0.0450. The molecule has 0 aromatic carbocycles. The van der Waals surface area contributed by atoms with Crippen LogP contribution in [0.1, 0.15) is 13.3 Å². The van der Waals surface area contributed by atoms with Crippen LogP contribution in [0.3, 0.4) is 0 Å². The molecule has 0 rings (SSSR count). The Labute approximate surface area is 77.2 Å². The second-order valence-corrected chi connectivity index (χ2v) is 3.20. The van der Waals surface area contributed by atoms with Crippen LogP contribution in [0.5, 0.6) is 0 Å². The van der Waals surface area contributed by atoms with E-state index < -0.39 is 5.54 Å². The average molecular weight is 188 g/mol. The Balaban J connectivity index is 3.90. The highest BCUT2D eigenvalue weighted by Gasteiger charge is 2.24. The molecule has 0 aliphatic rings. The first-order chi connectivity index (χ1) is 6.18. The highest BCUT2D eigenvalue weighted by atomic mass is 16.3. The van der Waals surface area contributed by atoms with Gasteiger partial charge in [0, 0.05) is 0 Å². The van der Waals surface area contributed by atoms with Gasteiger partial charge in [-0.2, -0.15) is 9.81 Å². The van der Waals surface area contributed by atoms with Crippen LogP contribution in [0, 0.1) is 9.81 Å². The molecule has 0 aliphatic heterocycles. The summed E-state index contributed by atoms with van der Waals surface area (Å²) in [5, 5.41) is 8.56. The molecule has 0 radical (unpaired) electrons. The van der Waals surface area contributed by atoms with Crippen LogP contribution in [0.2, 0.25) is 0 Å². The number of hydrogen-bond donors (Lipinski definition) is 2. The van der Waals surface area contributed by atoms with Crippen LogP contribution < -0.4 is 11.1 Å². The fraction of sp³-hybridized carbons (Fsp3) is 1.00. The van der Waals surface area contributed by atoms with Crippen molar-refractivity contribution in [1.29, 1.82) is 0 Å². The second kappa shape index (κ2) is 6.62. The Hall–Kier alpha value is -0.880. The largest absolute Gasteiger partial charge is 0.330 e. The van der Waals surface area contributed by atoms with Crippen LogP contribution in [0.4, 0.5) is 0 Å². The Kier molecular flexibility index (Phi) is 6.17. The van der Waals surface area contributed by atoms with E-state index in [1.807, 2.05) is 0 Å². The summed E-state index contributed by atoms with van der Waals surface area (Å²) >= 11 is 0. The van der Waals surface area contributed by atoms with E-state index in [9.17, 15) is 9.81 Å². The molecule has 6 heteroatoms. The lowest BCUT2D eigenvalue weighted by atomic mass is 10.0. The monoisotopic (exact) mass is 188 g/mol. The molecule has 6 nitrogen and oxygen atoms in total. The fourth-order valence-corrected chi connectivity index (χ4v) is 0.939. The van der Waals surface area contributed by atoms with Crippen LogP contribution in [-0.4, -0.2) is 31.7 Å². The first kappa shape index (κ1) is 12.1. The lowest BCUT2D eigenvalue weighted by Crippen LogP contribution is -2.48. The highest BCUT2D eigenvalue weighted by Crippen LogP contribution is 2.04. The zero-order chi connectivity index (χ0) is 10.2. The topological polar surface area (TPSA) is 96.9 Å². The molecule has 0 saturated heterocycles. The van der Waals surface area contributed by atoms with Gasteiger partial charge in [0.15, 0.2) is 0 Å². The Morgan fingerprint density at radius 3 is 2.23 bits per heavy atom. The van der Waals surface area contributed by atoms with Crippen LogP contribution in [0.25, 0.3) is 0 Å². The average Bonchev–Trinajstić information content (AvgIpc) is 2.05. The lowest BCUT2D eigenvalue weighted by Gasteiger charge is -2.24. The van der Waals surface area contributed by atoms with Gasteiger partial charge in [0.1, 0.15) is 13.1 Å². The van der Waals surface area contributed by atoms with Crippen LogP contribution in [-0.2, 0) is 0 Å². The summed E-state index contributed by atoms with van der Waals surface area (Å²) in [6, 6.07) is 0. The summed E-state index contributed by atoms with van der Waals surface area (Å²) in [5.41, 5.74) is 4.68. The summed E-state index contributed by atoms with van der Waals surface area (Å²) in [7, 11) is 0. The minimum atomic E-state index is -0.612.